The molecule has 13 heteroatoms. The molecule has 1 saturated heterocycles. The van der Waals surface area contributed by atoms with Crippen LogP contribution in [0.1, 0.15) is 38.8 Å². The van der Waals surface area contributed by atoms with Gasteiger partial charge in [0, 0.05) is 25.3 Å². The molecule has 2 aromatic rings. The number of esters is 1. The molecule has 4 N–H and O–H groups in total. The highest BCUT2D eigenvalue weighted by molar-refractivity contribution is 5.72. The third-order valence-corrected chi connectivity index (χ3v) is 6.10. The monoisotopic (exact) mass is 463 g/mol. The minimum atomic E-state index is -1.18. The van der Waals surface area contributed by atoms with Crippen molar-refractivity contribution in [1.82, 2.24) is 19.1 Å². The Morgan fingerprint density at radius 3 is 2.48 bits per heavy atom. The number of nitrogens with zero attached hydrogens (tertiary/aromatic N) is 4. The molecule has 1 aliphatic carbocycles. The van der Waals surface area contributed by atoms with E-state index in [0.29, 0.717) is 18.0 Å². The SMILES string of the molecule is CC(=O)OC[C@@H]1O[C@@H](n2c(=O)n(CC3CC3)c3cnc(N)nc32)[C@H](CC(=O)O)[C@H]1CC(=O)O. The van der Waals surface area contributed by atoms with Crippen molar-refractivity contribution in [2.24, 2.45) is 17.8 Å². The number of rotatable bonds is 9. The number of aromatic nitrogens is 4. The zero-order valence-electron chi connectivity index (χ0n) is 17.9. The summed E-state index contributed by atoms with van der Waals surface area (Å²) in [5.74, 6) is -4.39. The summed E-state index contributed by atoms with van der Waals surface area (Å²) in [6.45, 7) is 1.37. The van der Waals surface area contributed by atoms with Gasteiger partial charge in [0.25, 0.3) is 0 Å². The van der Waals surface area contributed by atoms with Crippen LogP contribution < -0.4 is 11.4 Å². The molecule has 2 fully saturated rings. The van der Waals surface area contributed by atoms with Gasteiger partial charge in [0.15, 0.2) is 5.65 Å². The number of nitrogens with two attached hydrogens (primary N) is 1. The summed E-state index contributed by atoms with van der Waals surface area (Å²) in [5, 5.41) is 19.0. The summed E-state index contributed by atoms with van der Waals surface area (Å²) >= 11 is 0. The summed E-state index contributed by atoms with van der Waals surface area (Å²) in [4.78, 5) is 56.2. The zero-order valence-corrected chi connectivity index (χ0v) is 17.9. The number of hydrogen-bond donors (Lipinski definition) is 3. The Kier molecular flexibility index (Phi) is 6.06. The number of carbonyl (C=O) groups excluding carboxylic acids is 1. The van der Waals surface area contributed by atoms with Crippen molar-refractivity contribution in [2.75, 3.05) is 12.3 Å². The van der Waals surface area contributed by atoms with Crippen molar-refractivity contribution in [3.05, 3.63) is 16.7 Å². The smallest absolute Gasteiger partial charge is 0.332 e. The fourth-order valence-electron chi connectivity index (χ4n) is 4.46. The second-order valence-electron chi connectivity index (χ2n) is 8.53. The number of fused-ring (bicyclic) bond motifs is 1. The van der Waals surface area contributed by atoms with Gasteiger partial charge in [-0.3, -0.25) is 19.0 Å². The van der Waals surface area contributed by atoms with E-state index in [1.54, 1.807) is 0 Å². The minimum absolute atomic E-state index is 0.0776. The summed E-state index contributed by atoms with van der Waals surface area (Å²) in [7, 11) is 0. The van der Waals surface area contributed by atoms with E-state index < -0.39 is 60.6 Å². The molecule has 4 rings (SSSR count). The standard InChI is InChI=1S/C20H25N5O8/c1-9(26)32-8-14-11(4-15(27)28)12(5-16(29)30)18(33-14)25-17-13(6-22-19(21)23-17)24(20(25)31)7-10-2-3-10/h6,10-12,14,18H,2-5,7-8H2,1H3,(H,27,28)(H,29,30)(H2,21,22,23)/t11-,12-,14+,18-/m1/s1. The van der Waals surface area contributed by atoms with Crippen LogP contribution in [0.5, 0.6) is 0 Å². The number of carboxylic acids is 2. The van der Waals surface area contributed by atoms with E-state index in [2.05, 4.69) is 9.97 Å². The minimum Gasteiger partial charge on any atom is -0.481 e. The second-order valence-corrected chi connectivity index (χ2v) is 8.53. The van der Waals surface area contributed by atoms with Gasteiger partial charge in [-0.15, -0.1) is 0 Å². The summed E-state index contributed by atoms with van der Waals surface area (Å²) in [5.41, 5.74) is 5.90. The molecule has 4 atom stereocenters. The largest absolute Gasteiger partial charge is 0.481 e. The molecule has 0 radical (unpaired) electrons. The Morgan fingerprint density at radius 1 is 1.21 bits per heavy atom. The third kappa shape index (κ3) is 4.67. The van der Waals surface area contributed by atoms with Crippen molar-refractivity contribution in [2.45, 2.75) is 51.5 Å². The number of nitrogen functional groups attached to an aromatic ring is 1. The predicted octanol–water partition coefficient (Wildman–Crippen LogP) is 0.228. The van der Waals surface area contributed by atoms with Crippen LogP contribution in [0.15, 0.2) is 11.0 Å². The number of hydrogen-bond acceptors (Lipinski definition) is 9. The average Bonchev–Trinajstić information content (AvgIpc) is 3.44. The van der Waals surface area contributed by atoms with Gasteiger partial charge in [0.1, 0.15) is 18.4 Å². The lowest BCUT2D eigenvalue weighted by Crippen LogP contribution is -2.32. The molecule has 2 aromatic heterocycles. The molecule has 2 aliphatic rings. The molecule has 33 heavy (non-hydrogen) atoms. The van der Waals surface area contributed by atoms with E-state index in [1.807, 2.05) is 0 Å². The van der Waals surface area contributed by atoms with E-state index in [0.717, 1.165) is 12.8 Å². The molecule has 1 saturated carbocycles. The number of carbonyl (C=O) groups is 3. The number of anilines is 1. The van der Waals surface area contributed by atoms with Gasteiger partial charge in [-0.1, -0.05) is 0 Å². The van der Waals surface area contributed by atoms with Crippen molar-refractivity contribution in [3.63, 3.8) is 0 Å². The lowest BCUT2D eigenvalue weighted by molar-refractivity contribution is -0.147. The van der Waals surface area contributed by atoms with E-state index in [1.165, 1.54) is 22.3 Å². The molecule has 178 valence electrons. The van der Waals surface area contributed by atoms with E-state index in [-0.39, 0.29) is 18.2 Å². The van der Waals surface area contributed by atoms with Crippen LogP contribution in [0.4, 0.5) is 5.95 Å². The third-order valence-electron chi connectivity index (χ3n) is 6.10. The van der Waals surface area contributed by atoms with Crippen LogP contribution in [0.2, 0.25) is 0 Å². The summed E-state index contributed by atoms with van der Waals surface area (Å²) in [6.07, 6.45) is 0.463. The van der Waals surface area contributed by atoms with Crippen molar-refractivity contribution in [3.8, 4) is 0 Å². The summed E-state index contributed by atoms with van der Waals surface area (Å²) < 4.78 is 13.8. The van der Waals surface area contributed by atoms with E-state index in [4.69, 9.17) is 15.2 Å². The quantitative estimate of drug-likeness (QED) is 0.432. The van der Waals surface area contributed by atoms with E-state index >= 15 is 0 Å². The van der Waals surface area contributed by atoms with Gasteiger partial charge in [-0.2, -0.15) is 4.98 Å². The fourth-order valence-corrected chi connectivity index (χ4v) is 4.46. The van der Waals surface area contributed by atoms with Crippen LogP contribution in [0, 0.1) is 17.8 Å². The van der Waals surface area contributed by atoms with Crippen molar-refractivity contribution < 1.29 is 34.1 Å². The Hall–Kier alpha value is -3.48. The van der Waals surface area contributed by atoms with Crippen LogP contribution in [-0.4, -0.2) is 59.9 Å². The molecule has 1 aliphatic heterocycles. The Balaban J connectivity index is 1.82. The highest BCUT2D eigenvalue weighted by Crippen LogP contribution is 2.44. The lowest BCUT2D eigenvalue weighted by atomic mass is 9.84. The Morgan fingerprint density at radius 2 is 1.88 bits per heavy atom. The zero-order chi connectivity index (χ0) is 23.9. The van der Waals surface area contributed by atoms with Crippen LogP contribution in [0.25, 0.3) is 11.2 Å². The summed E-state index contributed by atoms with van der Waals surface area (Å²) in [6, 6.07) is 0. The maximum absolute atomic E-state index is 13.5. The van der Waals surface area contributed by atoms with Crippen molar-refractivity contribution >= 4 is 35.0 Å². The fraction of sp³-hybridized carbons (Fsp3) is 0.600. The molecule has 0 spiro atoms. The molecule has 0 bridgehead atoms. The normalized spacial score (nSPS) is 24.8. The maximum atomic E-state index is 13.5. The average molecular weight is 463 g/mol. The predicted molar refractivity (Wildman–Crippen MR) is 111 cm³/mol. The maximum Gasteiger partial charge on any atom is 0.332 e. The first-order valence-electron chi connectivity index (χ1n) is 10.6. The first-order valence-corrected chi connectivity index (χ1v) is 10.6. The molecule has 0 unspecified atom stereocenters. The topological polar surface area (TPSA) is 189 Å². The first-order chi connectivity index (χ1) is 15.7. The number of carboxylic acid groups (broad SMARTS) is 2. The first kappa shape index (κ1) is 22.7. The lowest BCUT2D eigenvalue weighted by Gasteiger charge is -2.21. The van der Waals surface area contributed by atoms with Gasteiger partial charge in [-0.25, -0.2) is 14.3 Å². The molecule has 0 aromatic carbocycles. The molecular weight excluding hydrogens is 438 g/mol. The highest BCUT2D eigenvalue weighted by atomic mass is 16.6. The Bertz CT molecular complexity index is 1150. The molecule has 3 heterocycles. The molecule has 0 amide bonds. The highest BCUT2D eigenvalue weighted by Gasteiger charge is 2.49. The number of aliphatic carboxylic acids is 2. The van der Waals surface area contributed by atoms with Gasteiger partial charge in [-0.05, 0) is 18.8 Å². The van der Waals surface area contributed by atoms with Crippen LogP contribution in [-0.2, 0) is 30.4 Å². The Labute approximate surface area is 187 Å². The van der Waals surface area contributed by atoms with Gasteiger partial charge < -0.3 is 25.4 Å². The molecular formula is C20H25N5O8. The molecule has 13 nitrogen and oxygen atoms in total. The second kappa shape index (κ2) is 8.81. The number of ether oxygens (including phenoxy) is 2. The van der Waals surface area contributed by atoms with Gasteiger partial charge >= 0.3 is 23.6 Å². The van der Waals surface area contributed by atoms with Crippen LogP contribution in [0.3, 0.4) is 0 Å². The van der Waals surface area contributed by atoms with Crippen molar-refractivity contribution in [1.29, 1.82) is 0 Å². The van der Waals surface area contributed by atoms with Crippen LogP contribution >= 0.6 is 0 Å². The van der Waals surface area contributed by atoms with Gasteiger partial charge in [0.05, 0.1) is 25.1 Å². The van der Waals surface area contributed by atoms with E-state index in [9.17, 15) is 29.4 Å². The number of imidazole rings is 1. The van der Waals surface area contributed by atoms with Gasteiger partial charge in [0.2, 0.25) is 5.95 Å².